The van der Waals surface area contributed by atoms with Crippen molar-refractivity contribution >= 4 is 11.7 Å². The standard InChI is InChI=1S/C19H21FN4O2/c1-19(2,3)26-18(25)24-8-4-13(5-9-24)17-15(10-14(20)11-23-17)16-12-21-6-7-22-16/h4,6-7,10-12H,5,8-9H2,1-3H3. The van der Waals surface area contributed by atoms with Gasteiger partial charge in [-0.05, 0) is 38.8 Å². The minimum atomic E-state index is -0.529. The van der Waals surface area contributed by atoms with Gasteiger partial charge in [-0.15, -0.1) is 0 Å². The van der Waals surface area contributed by atoms with Crippen molar-refractivity contribution < 1.29 is 13.9 Å². The molecule has 0 bridgehead atoms. The van der Waals surface area contributed by atoms with Crippen LogP contribution < -0.4 is 0 Å². The predicted octanol–water partition coefficient (Wildman–Crippen LogP) is 3.70. The molecule has 26 heavy (non-hydrogen) atoms. The number of hydrogen-bond donors (Lipinski definition) is 0. The van der Waals surface area contributed by atoms with Gasteiger partial charge in [0.25, 0.3) is 0 Å². The highest BCUT2D eigenvalue weighted by atomic mass is 19.1. The minimum Gasteiger partial charge on any atom is -0.444 e. The first-order valence-corrected chi connectivity index (χ1v) is 8.43. The third-order valence-electron chi connectivity index (χ3n) is 3.86. The van der Waals surface area contributed by atoms with E-state index in [1.807, 2.05) is 26.8 Å². The monoisotopic (exact) mass is 356 g/mol. The van der Waals surface area contributed by atoms with Crippen LogP contribution in [0, 0.1) is 5.82 Å². The van der Waals surface area contributed by atoms with Crippen LogP contribution in [0.4, 0.5) is 9.18 Å². The average molecular weight is 356 g/mol. The zero-order valence-corrected chi connectivity index (χ0v) is 15.1. The maximum absolute atomic E-state index is 13.7. The normalized spacial score (nSPS) is 14.8. The van der Waals surface area contributed by atoms with E-state index in [9.17, 15) is 9.18 Å². The molecule has 1 aliphatic heterocycles. The molecule has 0 fully saturated rings. The second-order valence-electron chi connectivity index (χ2n) is 7.05. The van der Waals surface area contributed by atoms with Gasteiger partial charge in [0.15, 0.2) is 0 Å². The van der Waals surface area contributed by atoms with Crippen LogP contribution in [0.5, 0.6) is 0 Å². The SMILES string of the molecule is CC(C)(C)OC(=O)N1CC=C(c2ncc(F)cc2-c2cnccn2)CC1. The van der Waals surface area contributed by atoms with Crippen molar-refractivity contribution in [1.82, 2.24) is 19.9 Å². The van der Waals surface area contributed by atoms with E-state index < -0.39 is 11.4 Å². The molecular weight excluding hydrogens is 335 g/mol. The maximum Gasteiger partial charge on any atom is 0.410 e. The van der Waals surface area contributed by atoms with E-state index in [1.54, 1.807) is 23.5 Å². The Bertz CT molecular complexity index is 831. The molecule has 0 saturated carbocycles. The lowest BCUT2D eigenvalue weighted by atomic mass is 9.98. The Morgan fingerprint density at radius 2 is 2.04 bits per heavy atom. The van der Waals surface area contributed by atoms with Crippen LogP contribution >= 0.6 is 0 Å². The van der Waals surface area contributed by atoms with Crippen LogP contribution in [0.2, 0.25) is 0 Å². The first-order chi connectivity index (χ1) is 12.3. The van der Waals surface area contributed by atoms with Gasteiger partial charge in [-0.1, -0.05) is 6.08 Å². The van der Waals surface area contributed by atoms with Gasteiger partial charge >= 0.3 is 6.09 Å². The Hall–Kier alpha value is -2.83. The minimum absolute atomic E-state index is 0.339. The van der Waals surface area contributed by atoms with Crippen LogP contribution in [0.1, 0.15) is 32.9 Å². The summed E-state index contributed by atoms with van der Waals surface area (Å²) >= 11 is 0. The van der Waals surface area contributed by atoms with E-state index in [-0.39, 0.29) is 6.09 Å². The van der Waals surface area contributed by atoms with Crippen LogP contribution in [0.15, 0.2) is 36.9 Å². The molecule has 1 aliphatic rings. The van der Waals surface area contributed by atoms with E-state index >= 15 is 0 Å². The lowest BCUT2D eigenvalue weighted by molar-refractivity contribution is 0.0270. The van der Waals surface area contributed by atoms with Gasteiger partial charge in [0.2, 0.25) is 0 Å². The predicted molar refractivity (Wildman–Crippen MR) is 95.6 cm³/mol. The van der Waals surface area contributed by atoms with Crippen molar-refractivity contribution in [3.8, 4) is 11.3 Å². The summed E-state index contributed by atoms with van der Waals surface area (Å²) in [7, 11) is 0. The molecule has 0 atom stereocenters. The summed E-state index contributed by atoms with van der Waals surface area (Å²) in [6, 6.07) is 1.41. The van der Waals surface area contributed by atoms with Crippen molar-refractivity contribution in [2.75, 3.05) is 13.1 Å². The Labute approximate surface area is 151 Å². The number of ether oxygens (including phenoxy) is 1. The second kappa shape index (κ2) is 7.19. The summed E-state index contributed by atoms with van der Waals surface area (Å²) in [6.07, 6.45) is 8.08. The van der Waals surface area contributed by atoms with Crippen LogP contribution in [-0.2, 0) is 4.74 Å². The van der Waals surface area contributed by atoms with Gasteiger partial charge in [0.05, 0.1) is 23.8 Å². The molecule has 0 radical (unpaired) electrons. The van der Waals surface area contributed by atoms with Crippen molar-refractivity contribution in [2.24, 2.45) is 0 Å². The number of carbonyl (C=O) groups excluding carboxylic acids is 1. The smallest absolute Gasteiger partial charge is 0.410 e. The van der Waals surface area contributed by atoms with E-state index in [4.69, 9.17) is 4.74 Å². The first-order valence-electron chi connectivity index (χ1n) is 8.43. The number of pyridine rings is 1. The number of carbonyl (C=O) groups is 1. The largest absolute Gasteiger partial charge is 0.444 e. The molecule has 0 aliphatic carbocycles. The van der Waals surface area contributed by atoms with E-state index in [2.05, 4.69) is 15.0 Å². The van der Waals surface area contributed by atoms with E-state index in [0.29, 0.717) is 36.5 Å². The van der Waals surface area contributed by atoms with Gasteiger partial charge < -0.3 is 9.64 Å². The number of aromatic nitrogens is 3. The number of rotatable bonds is 2. The van der Waals surface area contributed by atoms with Gasteiger partial charge in [-0.25, -0.2) is 9.18 Å². The van der Waals surface area contributed by atoms with Crippen LogP contribution in [-0.4, -0.2) is 44.6 Å². The molecule has 2 aromatic rings. The van der Waals surface area contributed by atoms with Crippen LogP contribution in [0.3, 0.4) is 0 Å². The molecule has 136 valence electrons. The Morgan fingerprint density at radius 3 is 2.65 bits per heavy atom. The lowest BCUT2D eigenvalue weighted by Crippen LogP contribution is -2.39. The fraction of sp³-hybridized carbons (Fsp3) is 0.368. The summed E-state index contributed by atoms with van der Waals surface area (Å²) in [6.45, 7) is 6.45. The molecule has 6 nitrogen and oxygen atoms in total. The van der Waals surface area contributed by atoms with Crippen molar-refractivity contribution in [1.29, 1.82) is 0 Å². The third-order valence-corrected chi connectivity index (χ3v) is 3.86. The fourth-order valence-corrected chi connectivity index (χ4v) is 2.71. The molecule has 0 saturated heterocycles. The second-order valence-corrected chi connectivity index (χ2v) is 7.05. The molecule has 0 unspecified atom stereocenters. The maximum atomic E-state index is 13.7. The molecule has 2 aromatic heterocycles. The summed E-state index contributed by atoms with van der Waals surface area (Å²) in [5.74, 6) is -0.429. The van der Waals surface area contributed by atoms with Crippen molar-refractivity contribution in [2.45, 2.75) is 32.8 Å². The topological polar surface area (TPSA) is 68.2 Å². The highest BCUT2D eigenvalue weighted by Crippen LogP contribution is 2.30. The number of hydrogen-bond acceptors (Lipinski definition) is 5. The fourth-order valence-electron chi connectivity index (χ4n) is 2.71. The quantitative estimate of drug-likeness (QED) is 0.821. The summed E-state index contributed by atoms with van der Waals surface area (Å²) in [5, 5.41) is 0. The molecular formula is C19H21FN4O2. The van der Waals surface area contributed by atoms with Crippen molar-refractivity contribution in [3.63, 3.8) is 0 Å². The Balaban J connectivity index is 1.84. The Kier molecular flexibility index (Phi) is 4.97. The molecule has 0 spiro atoms. The number of halogens is 1. The molecule has 0 N–H and O–H groups in total. The number of amides is 1. The summed E-state index contributed by atoms with van der Waals surface area (Å²) in [5.41, 5.74) is 2.24. The van der Waals surface area contributed by atoms with Gasteiger partial charge in [0.1, 0.15) is 11.4 Å². The van der Waals surface area contributed by atoms with E-state index in [1.165, 1.54) is 12.3 Å². The van der Waals surface area contributed by atoms with Gasteiger partial charge in [-0.2, -0.15) is 0 Å². The summed E-state index contributed by atoms with van der Waals surface area (Å²) in [4.78, 5) is 26.4. The average Bonchev–Trinajstić information content (AvgIpc) is 2.61. The lowest BCUT2D eigenvalue weighted by Gasteiger charge is -2.29. The zero-order valence-electron chi connectivity index (χ0n) is 15.1. The summed E-state index contributed by atoms with van der Waals surface area (Å²) < 4.78 is 19.1. The molecule has 1 amide bonds. The third kappa shape index (κ3) is 4.22. The molecule has 3 heterocycles. The highest BCUT2D eigenvalue weighted by Gasteiger charge is 2.25. The molecule has 0 aromatic carbocycles. The molecule has 3 rings (SSSR count). The number of nitrogens with zero attached hydrogens (tertiary/aromatic N) is 4. The first kappa shape index (κ1) is 18.0. The van der Waals surface area contributed by atoms with Crippen molar-refractivity contribution in [3.05, 3.63) is 48.4 Å². The molecule has 7 heteroatoms. The van der Waals surface area contributed by atoms with Gasteiger partial charge in [0, 0.05) is 31.0 Å². The highest BCUT2D eigenvalue weighted by molar-refractivity contribution is 5.79. The van der Waals surface area contributed by atoms with E-state index in [0.717, 1.165) is 5.57 Å². The Morgan fingerprint density at radius 1 is 1.23 bits per heavy atom. The van der Waals surface area contributed by atoms with Gasteiger partial charge in [-0.3, -0.25) is 15.0 Å². The van der Waals surface area contributed by atoms with Crippen LogP contribution in [0.25, 0.3) is 16.8 Å². The zero-order chi connectivity index (χ0) is 18.7.